The minimum atomic E-state index is -1.68. The molecule has 2 rings (SSSR count). The summed E-state index contributed by atoms with van der Waals surface area (Å²) in [5.74, 6) is -7.53. The number of nitrogens with zero attached hydrogens (tertiary/aromatic N) is 1. The topological polar surface area (TPSA) is 42.0 Å². The molecule has 1 aromatic carbocycles. The summed E-state index contributed by atoms with van der Waals surface area (Å²) in [6.07, 6.45) is 2.52. The van der Waals surface area contributed by atoms with Gasteiger partial charge >= 0.3 is 0 Å². The van der Waals surface area contributed by atoms with E-state index in [1.54, 1.807) is 5.32 Å². The largest absolute Gasteiger partial charge is 0.317 e. The van der Waals surface area contributed by atoms with E-state index in [-0.39, 0.29) is 11.6 Å². The number of amides is 1. The Balaban J connectivity index is 2.38. The zero-order valence-electron chi connectivity index (χ0n) is 9.55. The number of carbonyl (C=O) groups excluding carboxylic acids is 1. The lowest BCUT2D eigenvalue weighted by atomic mass is 10.2. The van der Waals surface area contributed by atoms with Gasteiger partial charge in [-0.15, -0.1) is 0 Å². The fraction of sp³-hybridized carbons (Fsp3) is 0. The summed E-state index contributed by atoms with van der Waals surface area (Å²) < 4.78 is 53.2. The number of carbonyl (C=O) groups is 1. The molecular formula is C12H5BrF4N2O. The van der Waals surface area contributed by atoms with Gasteiger partial charge in [0.05, 0.1) is 5.56 Å². The molecule has 1 heterocycles. The van der Waals surface area contributed by atoms with Crippen molar-refractivity contribution in [3.63, 3.8) is 0 Å². The number of hydrogen-bond acceptors (Lipinski definition) is 2. The average molecular weight is 349 g/mol. The molecule has 20 heavy (non-hydrogen) atoms. The van der Waals surface area contributed by atoms with Crippen molar-refractivity contribution in [3.8, 4) is 0 Å². The molecule has 1 N–H and O–H groups in total. The second kappa shape index (κ2) is 5.58. The Morgan fingerprint density at radius 2 is 1.65 bits per heavy atom. The average Bonchev–Trinajstić information content (AvgIpc) is 2.41. The van der Waals surface area contributed by atoms with Gasteiger partial charge in [-0.3, -0.25) is 9.78 Å². The molecule has 8 heteroatoms. The van der Waals surface area contributed by atoms with Crippen LogP contribution in [-0.4, -0.2) is 10.9 Å². The van der Waals surface area contributed by atoms with Crippen molar-refractivity contribution in [3.05, 3.63) is 57.8 Å². The van der Waals surface area contributed by atoms with Crippen LogP contribution >= 0.6 is 15.9 Å². The van der Waals surface area contributed by atoms with Gasteiger partial charge in [-0.25, -0.2) is 17.6 Å². The Kier molecular flexibility index (Phi) is 4.03. The van der Waals surface area contributed by atoms with E-state index in [1.807, 2.05) is 0 Å². The number of hydrogen-bond donors (Lipinski definition) is 1. The molecule has 0 radical (unpaired) electrons. The Bertz CT molecular complexity index is 667. The van der Waals surface area contributed by atoms with Crippen LogP contribution in [0.5, 0.6) is 0 Å². The number of aromatic nitrogens is 1. The van der Waals surface area contributed by atoms with Crippen LogP contribution in [0, 0.1) is 23.3 Å². The van der Waals surface area contributed by atoms with Crippen LogP contribution in [0.1, 0.15) is 10.4 Å². The van der Waals surface area contributed by atoms with Gasteiger partial charge < -0.3 is 5.32 Å². The van der Waals surface area contributed by atoms with E-state index < -0.39 is 34.9 Å². The molecule has 0 fully saturated rings. The van der Waals surface area contributed by atoms with Gasteiger partial charge in [-0.1, -0.05) is 0 Å². The molecule has 0 saturated heterocycles. The van der Waals surface area contributed by atoms with Crippen molar-refractivity contribution in [1.82, 2.24) is 4.98 Å². The number of nitrogens with one attached hydrogen (secondary N) is 1. The quantitative estimate of drug-likeness (QED) is 0.664. The lowest BCUT2D eigenvalue weighted by Gasteiger charge is -2.08. The van der Waals surface area contributed by atoms with E-state index in [2.05, 4.69) is 20.9 Å². The van der Waals surface area contributed by atoms with Gasteiger partial charge in [0.1, 0.15) is 5.69 Å². The second-order valence-corrected chi connectivity index (χ2v) is 4.60. The van der Waals surface area contributed by atoms with Crippen LogP contribution in [0.3, 0.4) is 0 Å². The lowest BCUT2D eigenvalue weighted by molar-refractivity contribution is 0.102. The molecule has 104 valence electrons. The monoisotopic (exact) mass is 348 g/mol. The third-order valence-corrected chi connectivity index (χ3v) is 2.75. The maximum absolute atomic E-state index is 13.4. The third kappa shape index (κ3) is 2.79. The van der Waals surface area contributed by atoms with Crippen LogP contribution in [0.4, 0.5) is 23.2 Å². The second-order valence-electron chi connectivity index (χ2n) is 3.69. The standard InChI is InChI=1S/C12H5BrF4N2O/c13-6-1-5(3-18-4-6)12(20)19-11-9(16)7(14)2-8(15)10(11)17/h1-4H,(H,19,20). The summed E-state index contributed by atoms with van der Waals surface area (Å²) in [5, 5.41) is 1.77. The van der Waals surface area contributed by atoms with Gasteiger partial charge in [0.25, 0.3) is 5.91 Å². The number of benzene rings is 1. The molecule has 1 aromatic heterocycles. The zero-order chi connectivity index (χ0) is 14.9. The Hall–Kier alpha value is -1.96. The summed E-state index contributed by atoms with van der Waals surface area (Å²) in [6.45, 7) is 0. The zero-order valence-corrected chi connectivity index (χ0v) is 11.1. The molecule has 0 bridgehead atoms. The molecule has 0 atom stereocenters. The van der Waals surface area contributed by atoms with Crippen molar-refractivity contribution in [2.75, 3.05) is 5.32 Å². The Labute approximate surface area is 118 Å². The minimum Gasteiger partial charge on any atom is -0.317 e. The van der Waals surface area contributed by atoms with Gasteiger partial charge in [0, 0.05) is 22.9 Å². The molecule has 0 aliphatic heterocycles. The SMILES string of the molecule is O=C(Nc1c(F)c(F)cc(F)c1F)c1cncc(Br)c1. The van der Waals surface area contributed by atoms with Crippen molar-refractivity contribution in [1.29, 1.82) is 0 Å². The fourth-order valence-corrected chi connectivity index (χ4v) is 1.77. The molecule has 2 aromatic rings. The highest BCUT2D eigenvalue weighted by Crippen LogP contribution is 2.24. The maximum Gasteiger partial charge on any atom is 0.257 e. The maximum atomic E-state index is 13.4. The van der Waals surface area contributed by atoms with E-state index in [9.17, 15) is 22.4 Å². The first kappa shape index (κ1) is 14.4. The van der Waals surface area contributed by atoms with Crippen LogP contribution in [0.2, 0.25) is 0 Å². The first-order chi connectivity index (χ1) is 9.40. The Morgan fingerprint density at radius 1 is 1.05 bits per heavy atom. The van der Waals surface area contributed by atoms with E-state index in [1.165, 1.54) is 12.3 Å². The minimum absolute atomic E-state index is 0.0390. The van der Waals surface area contributed by atoms with E-state index in [4.69, 9.17) is 0 Å². The van der Waals surface area contributed by atoms with Crippen LogP contribution in [0.15, 0.2) is 29.0 Å². The molecular weight excluding hydrogens is 344 g/mol. The number of halogens is 5. The van der Waals surface area contributed by atoms with E-state index in [0.717, 1.165) is 6.20 Å². The van der Waals surface area contributed by atoms with Gasteiger partial charge in [0.2, 0.25) is 0 Å². The van der Waals surface area contributed by atoms with Crippen molar-refractivity contribution in [2.45, 2.75) is 0 Å². The lowest BCUT2D eigenvalue weighted by Crippen LogP contribution is -2.16. The van der Waals surface area contributed by atoms with Crippen molar-refractivity contribution < 1.29 is 22.4 Å². The molecule has 3 nitrogen and oxygen atoms in total. The smallest absolute Gasteiger partial charge is 0.257 e. The number of pyridine rings is 1. The third-order valence-electron chi connectivity index (χ3n) is 2.32. The number of anilines is 1. The highest BCUT2D eigenvalue weighted by Gasteiger charge is 2.21. The normalized spacial score (nSPS) is 10.4. The van der Waals surface area contributed by atoms with Crippen molar-refractivity contribution >= 4 is 27.5 Å². The molecule has 0 spiro atoms. The van der Waals surface area contributed by atoms with Crippen LogP contribution in [-0.2, 0) is 0 Å². The van der Waals surface area contributed by atoms with Gasteiger partial charge in [0.15, 0.2) is 23.3 Å². The summed E-state index contributed by atoms with van der Waals surface area (Å²) in [4.78, 5) is 15.4. The predicted octanol–water partition coefficient (Wildman–Crippen LogP) is 3.65. The predicted molar refractivity (Wildman–Crippen MR) is 66.2 cm³/mol. The Morgan fingerprint density at radius 3 is 2.20 bits per heavy atom. The molecule has 0 aliphatic rings. The first-order valence-corrected chi connectivity index (χ1v) is 5.94. The molecule has 1 amide bonds. The summed E-state index contributed by atoms with van der Waals surface area (Å²) >= 11 is 3.06. The molecule has 0 unspecified atom stereocenters. The first-order valence-electron chi connectivity index (χ1n) is 5.15. The highest BCUT2D eigenvalue weighted by molar-refractivity contribution is 9.10. The van der Waals surface area contributed by atoms with E-state index in [0.29, 0.717) is 4.47 Å². The van der Waals surface area contributed by atoms with Crippen molar-refractivity contribution in [2.24, 2.45) is 0 Å². The van der Waals surface area contributed by atoms with E-state index >= 15 is 0 Å². The molecule has 0 saturated carbocycles. The fourth-order valence-electron chi connectivity index (χ4n) is 1.40. The summed E-state index contributed by atoms with van der Waals surface area (Å²) in [7, 11) is 0. The highest BCUT2D eigenvalue weighted by atomic mass is 79.9. The van der Waals surface area contributed by atoms with Crippen LogP contribution in [0.25, 0.3) is 0 Å². The van der Waals surface area contributed by atoms with Crippen LogP contribution < -0.4 is 5.32 Å². The summed E-state index contributed by atoms with van der Waals surface area (Å²) in [6, 6.07) is 1.38. The molecule has 0 aliphatic carbocycles. The number of rotatable bonds is 2. The van der Waals surface area contributed by atoms with Gasteiger partial charge in [-0.2, -0.15) is 0 Å². The van der Waals surface area contributed by atoms with Gasteiger partial charge in [-0.05, 0) is 22.0 Å². The summed E-state index contributed by atoms with van der Waals surface area (Å²) in [5.41, 5.74) is -1.23.